The molecule has 0 atom stereocenters. The first-order valence-electron chi connectivity index (χ1n) is 8.09. The van der Waals surface area contributed by atoms with Crippen molar-refractivity contribution in [3.05, 3.63) is 52.2 Å². The summed E-state index contributed by atoms with van der Waals surface area (Å²) in [5, 5.41) is 4.26. The summed E-state index contributed by atoms with van der Waals surface area (Å²) in [5.74, 6) is 0.775. The lowest BCUT2D eigenvalue weighted by Gasteiger charge is -2.31. The van der Waals surface area contributed by atoms with Crippen LogP contribution in [0.2, 0.25) is 0 Å². The first-order valence-corrected chi connectivity index (χ1v) is 8.09. The topological polar surface area (TPSA) is 53.9 Å². The molecule has 2 aromatic heterocycles. The molecule has 0 bridgehead atoms. The molecule has 0 saturated carbocycles. The Kier molecular flexibility index (Phi) is 4.73. The second kappa shape index (κ2) is 6.92. The molecular weight excluding hydrogens is 276 g/mol. The van der Waals surface area contributed by atoms with Gasteiger partial charge in [0.1, 0.15) is 0 Å². The van der Waals surface area contributed by atoms with Crippen LogP contribution < -0.4 is 5.56 Å². The highest BCUT2D eigenvalue weighted by molar-refractivity contribution is 5.13. The van der Waals surface area contributed by atoms with Crippen molar-refractivity contribution >= 4 is 0 Å². The molecule has 2 aromatic rings. The molecule has 1 aliphatic rings. The fraction of sp³-hybridized carbons (Fsp3) is 0.529. The molecule has 5 nitrogen and oxygen atoms in total. The molecule has 1 N–H and O–H groups in total. The van der Waals surface area contributed by atoms with Crippen LogP contribution in [0.15, 0.2) is 35.4 Å². The van der Waals surface area contributed by atoms with E-state index >= 15 is 0 Å². The van der Waals surface area contributed by atoms with E-state index in [1.165, 1.54) is 19.3 Å². The number of aromatic amines is 1. The first-order chi connectivity index (χ1) is 10.7. The maximum atomic E-state index is 11.9. The molecule has 0 unspecified atom stereocenters. The second-order valence-corrected chi connectivity index (χ2v) is 6.27. The number of likely N-dealkylation sites (tertiary alicyclic amines) is 1. The minimum Gasteiger partial charge on any atom is -0.326 e. The summed E-state index contributed by atoms with van der Waals surface area (Å²) >= 11 is 0. The van der Waals surface area contributed by atoms with Gasteiger partial charge in [-0.25, -0.2) is 0 Å². The molecule has 1 fully saturated rings. The molecule has 1 saturated heterocycles. The number of nitrogens with zero attached hydrogens (tertiary/aromatic N) is 3. The summed E-state index contributed by atoms with van der Waals surface area (Å²) in [6.07, 6.45) is 7.48. The van der Waals surface area contributed by atoms with E-state index in [1.54, 1.807) is 0 Å². The van der Waals surface area contributed by atoms with Crippen molar-refractivity contribution in [2.24, 2.45) is 5.92 Å². The lowest BCUT2D eigenvalue weighted by molar-refractivity contribution is 0.168. The van der Waals surface area contributed by atoms with Gasteiger partial charge in [-0.15, -0.1) is 0 Å². The van der Waals surface area contributed by atoms with Crippen molar-refractivity contribution in [1.29, 1.82) is 0 Å². The van der Waals surface area contributed by atoms with Crippen molar-refractivity contribution in [3.8, 4) is 0 Å². The predicted octanol–water partition coefficient (Wildman–Crippen LogP) is 2.18. The highest BCUT2D eigenvalue weighted by atomic mass is 16.1. The zero-order valence-corrected chi connectivity index (χ0v) is 13.2. The van der Waals surface area contributed by atoms with Gasteiger partial charge in [-0.1, -0.05) is 6.07 Å². The summed E-state index contributed by atoms with van der Waals surface area (Å²) in [6.45, 7) is 5.85. The van der Waals surface area contributed by atoms with Crippen LogP contribution in [0.1, 0.15) is 30.5 Å². The molecule has 1 aliphatic heterocycles. The summed E-state index contributed by atoms with van der Waals surface area (Å²) in [5.41, 5.74) is 1.85. The van der Waals surface area contributed by atoms with Gasteiger partial charge in [-0.2, -0.15) is 5.10 Å². The van der Waals surface area contributed by atoms with Crippen molar-refractivity contribution in [2.45, 2.75) is 39.3 Å². The Bertz CT molecular complexity index is 639. The first kappa shape index (κ1) is 15.0. The largest absolute Gasteiger partial charge is 0.326 e. The van der Waals surface area contributed by atoms with Crippen LogP contribution in [0.5, 0.6) is 0 Å². The molecule has 0 aliphatic carbocycles. The van der Waals surface area contributed by atoms with Crippen molar-refractivity contribution in [3.63, 3.8) is 0 Å². The molecule has 22 heavy (non-hydrogen) atoms. The lowest BCUT2D eigenvalue weighted by Crippen LogP contribution is -2.35. The Balaban J connectivity index is 1.46. The van der Waals surface area contributed by atoms with Gasteiger partial charge in [0.2, 0.25) is 0 Å². The van der Waals surface area contributed by atoms with E-state index in [9.17, 15) is 4.79 Å². The molecule has 5 heteroatoms. The van der Waals surface area contributed by atoms with Crippen LogP contribution in [-0.4, -0.2) is 32.8 Å². The quantitative estimate of drug-likeness (QED) is 0.921. The average Bonchev–Trinajstić information content (AvgIpc) is 3.03. The van der Waals surface area contributed by atoms with Gasteiger partial charge >= 0.3 is 0 Å². The number of pyridine rings is 1. The zero-order valence-electron chi connectivity index (χ0n) is 13.2. The molecular formula is C17H24N4O. The van der Waals surface area contributed by atoms with Crippen molar-refractivity contribution < 1.29 is 0 Å². The van der Waals surface area contributed by atoms with E-state index < -0.39 is 0 Å². The number of hydrogen-bond donors (Lipinski definition) is 1. The number of piperidine rings is 1. The number of rotatable bonds is 5. The number of hydrogen-bond acceptors (Lipinski definition) is 3. The van der Waals surface area contributed by atoms with E-state index in [4.69, 9.17) is 0 Å². The number of aryl methyl sites for hydroxylation is 2. The summed E-state index contributed by atoms with van der Waals surface area (Å²) in [7, 11) is 0. The molecule has 0 amide bonds. The van der Waals surface area contributed by atoms with Crippen molar-refractivity contribution in [2.75, 3.05) is 13.1 Å². The van der Waals surface area contributed by atoms with Gasteiger partial charge in [0.25, 0.3) is 5.56 Å². The van der Waals surface area contributed by atoms with Crippen LogP contribution >= 0.6 is 0 Å². The van der Waals surface area contributed by atoms with Crippen LogP contribution in [0.3, 0.4) is 0 Å². The Morgan fingerprint density at radius 1 is 1.32 bits per heavy atom. The number of aromatic nitrogens is 3. The minimum atomic E-state index is 0.0563. The second-order valence-electron chi connectivity index (χ2n) is 6.27. The fourth-order valence-corrected chi connectivity index (χ4v) is 3.15. The Hall–Kier alpha value is -1.88. The Morgan fingerprint density at radius 2 is 2.14 bits per heavy atom. The SMILES string of the molecule is Cc1ccc(CN2CCC(CCn3cccn3)CC2)c(=O)[nH]1. The zero-order chi connectivity index (χ0) is 15.4. The van der Waals surface area contributed by atoms with Gasteiger partial charge in [0, 0.05) is 36.7 Å². The summed E-state index contributed by atoms with van der Waals surface area (Å²) in [6, 6.07) is 5.91. The monoisotopic (exact) mass is 300 g/mol. The molecule has 3 heterocycles. The predicted molar refractivity (Wildman–Crippen MR) is 86.6 cm³/mol. The van der Waals surface area contributed by atoms with Crippen LogP contribution in [0, 0.1) is 12.8 Å². The normalized spacial score (nSPS) is 17.0. The van der Waals surface area contributed by atoms with Gasteiger partial charge in [0.05, 0.1) is 0 Å². The van der Waals surface area contributed by atoms with Gasteiger partial charge < -0.3 is 4.98 Å². The fourth-order valence-electron chi connectivity index (χ4n) is 3.15. The van der Waals surface area contributed by atoms with Crippen molar-refractivity contribution in [1.82, 2.24) is 19.7 Å². The third kappa shape index (κ3) is 3.85. The molecule has 3 rings (SSSR count). The highest BCUT2D eigenvalue weighted by Crippen LogP contribution is 2.21. The number of H-pyrrole nitrogens is 1. The van der Waals surface area contributed by atoms with E-state index in [1.807, 2.05) is 42.2 Å². The standard InChI is InChI=1S/C17H24N4O/c1-14-3-4-16(17(22)19-14)13-20-10-5-15(6-11-20)7-12-21-9-2-8-18-21/h2-4,8-9,15H,5-7,10-13H2,1H3,(H,19,22). The molecule has 0 spiro atoms. The third-order valence-corrected chi connectivity index (χ3v) is 4.56. The molecule has 0 radical (unpaired) electrons. The van der Waals surface area contributed by atoms with E-state index in [2.05, 4.69) is 15.0 Å². The van der Waals surface area contributed by atoms with Gasteiger partial charge in [0.15, 0.2) is 0 Å². The van der Waals surface area contributed by atoms with Crippen LogP contribution in [0.4, 0.5) is 0 Å². The van der Waals surface area contributed by atoms with E-state index in [-0.39, 0.29) is 5.56 Å². The summed E-state index contributed by atoms with van der Waals surface area (Å²) < 4.78 is 2.01. The molecule has 0 aromatic carbocycles. The maximum Gasteiger partial charge on any atom is 0.252 e. The van der Waals surface area contributed by atoms with Gasteiger partial charge in [-0.3, -0.25) is 14.4 Å². The van der Waals surface area contributed by atoms with Gasteiger partial charge in [-0.05, 0) is 57.3 Å². The van der Waals surface area contributed by atoms with Crippen LogP contribution in [0.25, 0.3) is 0 Å². The smallest absolute Gasteiger partial charge is 0.252 e. The maximum absolute atomic E-state index is 11.9. The molecule has 118 valence electrons. The highest BCUT2D eigenvalue weighted by Gasteiger charge is 2.19. The third-order valence-electron chi connectivity index (χ3n) is 4.56. The Labute approximate surface area is 131 Å². The summed E-state index contributed by atoms with van der Waals surface area (Å²) in [4.78, 5) is 17.2. The van der Waals surface area contributed by atoms with Crippen LogP contribution in [-0.2, 0) is 13.1 Å². The minimum absolute atomic E-state index is 0.0563. The lowest BCUT2D eigenvalue weighted by atomic mass is 9.93. The van der Waals surface area contributed by atoms with E-state index in [0.717, 1.165) is 43.4 Å². The number of nitrogens with one attached hydrogen (secondary N) is 1. The average molecular weight is 300 g/mol. The van der Waals surface area contributed by atoms with E-state index in [0.29, 0.717) is 0 Å². The Morgan fingerprint density at radius 3 is 2.82 bits per heavy atom.